The van der Waals surface area contributed by atoms with Gasteiger partial charge in [-0.25, -0.2) is 15.0 Å². The molecule has 0 unspecified atom stereocenters. The van der Waals surface area contributed by atoms with E-state index >= 15 is 0 Å². The van der Waals surface area contributed by atoms with Crippen molar-refractivity contribution in [2.75, 3.05) is 0 Å². The minimum absolute atomic E-state index is 0.0460. The summed E-state index contributed by atoms with van der Waals surface area (Å²) in [7, 11) is 0. The maximum atomic E-state index is 13.0. The van der Waals surface area contributed by atoms with E-state index < -0.39 is 0 Å². The van der Waals surface area contributed by atoms with Gasteiger partial charge < -0.3 is 4.98 Å². The van der Waals surface area contributed by atoms with Crippen LogP contribution in [0, 0.1) is 0 Å². The molecule has 3 aromatic rings. The van der Waals surface area contributed by atoms with Crippen LogP contribution in [0.3, 0.4) is 0 Å². The summed E-state index contributed by atoms with van der Waals surface area (Å²) >= 11 is 1.58. The van der Waals surface area contributed by atoms with Gasteiger partial charge in [-0.2, -0.15) is 0 Å². The third-order valence-corrected chi connectivity index (χ3v) is 6.75. The summed E-state index contributed by atoms with van der Waals surface area (Å²) in [6, 6.07) is 10.3. The zero-order valence-corrected chi connectivity index (χ0v) is 20.6. The number of thioether (sulfide) groups is 1. The van der Waals surface area contributed by atoms with E-state index in [0.29, 0.717) is 11.6 Å². The topological polar surface area (TPSA) is 71.5 Å². The SMILES string of the molecule is CCCCCCCCCCCc1nc(SCc2ccccc2)[nH]c(=O)c1Cc1cncnc1. The Labute approximate surface area is 201 Å². The van der Waals surface area contributed by atoms with Crippen LogP contribution in [0.4, 0.5) is 0 Å². The number of H-pyrrole nitrogens is 1. The predicted octanol–water partition coefficient (Wildman–Crippen LogP) is 6.52. The second-order valence-electron chi connectivity index (χ2n) is 8.57. The molecule has 0 fully saturated rings. The Balaban J connectivity index is 1.61. The number of hydrogen-bond donors (Lipinski definition) is 1. The highest BCUT2D eigenvalue weighted by Gasteiger charge is 2.13. The monoisotopic (exact) mass is 464 g/mol. The molecule has 0 amide bonds. The first kappa shape index (κ1) is 25.2. The van der Waals surface area contributed by atoms with Gasteiger partial charge in [0.15, 0.2) is 5.16 Å². The Morgan fingerprint density at radius 2 is 1.52 bits per heavy atom. The second-order valence-corrected chi connectivity index (χ2v) is 9.54. The molecule has 2 aromatic heterocycles. The fourth-order valence-corrected chi connectivity index (χ4v) is 4.77. The van der Waals surface area contributed by atoms with E-state index in [-0.39, 0.29) is 5.56 Å². The number of benzene rings is 1. The van der Waals surface area contributed by atoms with Crippen molar-refractivity contribution in [1.29, 1.82) is 0 Å². The Kier molecular flexibility index (Phi) is 11.2. The highest BCUT2D eigenvalue weighted by molar-refractivity contribution is 7.98. The number of unbranched alkanes of at least 4 members (excludes halogenated alkanes) is 8. The zero-order valence-electron chi connectivity index (χ0n) is 19.8. The van der Waals surface area contributed by atoms with E-state index in [1.165, 1.54) is 63.3 Å². The lowest BCUT2D eigenvalue weighted by Gasteiger charge is -2.11. The summed E-state index contributed by atoms with van der Waals surface area (Å²) in [5.74, 6) is 0.785. The third-order valence-electron chi connectivity index (χ3n) is 5.81. The molecular weight excluding hydrogens is 428 g/mol. The molecule has 0 radical (unpaired) electrons. The maximum Gasteiger partial charge on any atom is 0.255 e. The number of nitrogens with one attached hydrogen (secondary N) is 1. The molecule has 176 valence electrons. The zero-order chi connectivity index (χ0) is 23.1. The van der Waals surface area contributed by atoms with Crippen LogP contribution in [0.25, 0.3) is 0 Å². The standard InChI is InChI=1S/C27H36N4OS/c1-2-3-4-5-6-7-8-9-13-16-25-24(17-23-18-28-21-29-19-23)26(32)31-27(30-25)33-20-22-14-11-10-12-15-22/h10-12,14-15,18-19,21H,2-9,13,16-17,20H2,1H3,(H,30,31,32). The van der Waals surface area contributed by atoms with E-state index in [0.717, 1.165) is 35.4 Å². The predicted molar refractivity (Wildman–Crippen MR) is 137 cm³/mol. The fraction of sp³-hybridized carbons (Fsp3) is 0.481. The van der Waals surface area contributed by atoms with Crippen molar-refractivity contribution >= 4 is 11.8 Å². The van der Waals surface area contributed by atoms with Crippen LogP contribution in [0.2, 0.25) is 0 Å². The first-order valence-electron chi connectivity index (χ1n) is 12.3. The summed E-state index contributed by atoms with van der Waals surface area (Å²) in [4.78, 5) is 29.1. The quantitative estimate of drug-likeness (QED) is 0.158. The van der Waals surface area contributed by atoms with Crippen LogP contribution in [0.5, 0.6) is 0 Å². The maximum absolute atomic E-state index is 13.0. The molecule has 0 bridgehead atoms. The van der Waals surface area contributed by atoms with Crippen LogP contribution < -0.4 is 5.56 Å². The third kappa shape index (κ3) is 9.12. The Bertz CT molecular complexity index is 992. The van der Waals surface area contributed by atoms with E-state index in [4.69, 9.17) is 4.98 Å². The number of nitrogens with zero attached hydrogens (tertiary/aromatic N) is 3. The number of hydrogen-bond acceptors (Lipinski definition) is 5. The normalized spacial score (nSPS) is 11.1. The minimum atomic E-state index is -0.0460. The molecule has 2 heterocycles. The van der Waals surface area contributed by atoms with Crippen molar-refractivity contribution < 1.29 is 0 Å². The highest BCUT2D eigenvalue weighted by Crippen LogP contribution is 2.21. The average Bonchev–Trinajstić information content (AvgIpc) is 2.85. The molecule has 0 aliphatic carbocycles. The van der Waals surface area contributed by atoms with Gasteiger partial charge in [-0.1, -0.05) is 100 Å². The van der Waals surface area contributed by atoms with Crippen LogP contribution in [-0.2, 0) is 18.6 Å². The molecule has 0 aliphatic rings. The first-order chi connectivity index (χ1) is 16.3. The summed E-state index contributed by atoms with van der Waals surface area (Å²) in [6.45, 7) is 2.26. The Hall–Kier alpha value is -2.47. The lowest BCUT2D eigenvalue weighted by atomic mass is 10.0. The second kappa shape index (κ2) is 14.6. The van der Waals surface area contributed by atoms with Gasteiger partial charge in [0.2, 0.25) is 0 Å². The summed E-state index contributed by atoms with van der Waals surface area (Å²) < 4.78 is 0. The van der Waals surface area contributed by atoms with E-state index in [2.05, 4.69) is 34.0 Å². The largest absolute Gasteiger partial charge is 0.301 e. The van der Waals surface area contributed by atoms with Gasteiger partial charge in [-0.05, 0) is 24.0 Å². The molecule has 3 rings (SSSR count). The van der Waals surface area contributed by atoms with Crippen LogP contribution in [0.1, 0.15) is 87.1 Å². The fourth-order valence-electron chi connectivity index (χ4n) is 3.93. The van der Waals surface area contributed by atoms with Crippen molar-refractivity contribution in [1.82, 2.24) is 19.9 Å². The summed E-state index contributed by atoms with van der Waals surface area (Å²) in [5.41, 5.74) is 3.77. The van der Waals surface area contributed by atoms with Gasteiger partial charge in [0.1, 0.15) is 6.33 Å². The van der Waals surface area contributed by atoms with Crippen molar-refractivity contribution in [2.45, 2.75) is 88.5 Å². The van der Waals surface area contributed by atoms with Crippen molar-refractivity contribution in [2.24, 2.45) is 0 Å². The van der Waals surface area contributed by atoms with Gasteiger partial charge in [-0.15, -0.1) is 0 Å². The smallest absolute Gasteiger partial charge is 0.255 e. The van der Waals surface area contributed by atoms with Crippen molar-refractivity contribution in [3.05, 3.63) is 81.8 Å². The van der Waals surface area contributed by atoms with E-state index in [1.807, 2.05) is 18.2 Å². The van der Waals surface area contributed by atoms with E-state index in [9.17, 15) is 4.79 Å². The molecule has 1 N–H and O–H groups in total. The van der Waals surface area contributed by atoms with Gasteiger partial charge >= 0.3 is 0 Å². The van der Waals surface area contributed by atoms with Crippen LogP contribution in [0.15, 0.2) is 59.0 Å². The van der Waals surface area contributed by atoms with E-state index in [1.54, 1.807) is 24.2 Å². The number of aromatic amines is 1. The number of rotatable bonds is 15. The Morgan fingerprint density at radius 3 is 2.21 bits per heavy atom. The highest BCUT2D eigenvalue weighted by atomic mass is 32.2. The number of aryl methyl sites for hydroxylation is 1. The minimum Gasteiger partial charge on any atom is -0.301 e. The average molecular weight is 465 g/mol. The molecule has 0 atom stereocenters. The molecule has 33 heavy (non-hydrogen) atoms. The molecule has 5 nitrogen and oxygen atoms in total. The molecule has 0 saturated heterocycles. The molecule has 6 heteroatoms. The lowest BCUT2D eigenvalue weighted by Crippen LogP contribution is -2.19. The van der Waals surface area contributed by atoms with Crippen LogP contribution >= 0.6 is 11.8 Å². The Morgan fingerprint density at radius 1 is 0.848 bits per heavy atom. The van der Waals surface area contributed by atoms with Crippen molar-refractivity contribution in [3.8, 4) is 0 Å². The number of aromatic nitrogens is 4. The molecule has 1 aromatic carbocycles. The molecule has 0 spiro atoms. The summed E-state index contributed by atoms with van der Waals surface area (Å²) in [5, 5.41) is 0.697. The van der Waals surface area contributed by atoms with Crippen LogP contribution in [-0.4, -0.2) is 19.9 Å². The van der Waals surface area contributed by atoms with Gasteiger partial charge in [0, 0.05) is 30.1 Å². The molecule has 0 saturated carbocycles. The van der Waals surface area contributed by atoms with Gasteiger partial charge in [-0.3, -0.25) is 4.79 Å². The summed E-state index contributed by atoms with van der Waals surface area (Å²) in [6.07, 6.45) is 17.9. The molecule has 0 aliphatic heterocycles. The van der Waals surface area contributed by atoms with Gasteiger partial charge in [0.05, 0.1) is 5.69 Å². The first-order valence-corrected chi connectivity index (χ1v) is 13.3. The van der Waals surface area contributed by atoms with Gasteiger partial charge in [0.25, 0.3) is 5.56 Å². The van der Waals surface area contributed by atoms with Crippen molar-refractivity contribution in [3.63, 3.8) is 0 Å². The lowest BCUT2D eigenvalue weighted by molar-refractivity contribution is 0.562. The molecular formula is C27H36N4OS.